The van der Waals surface area contributed by atoms with Crippen LogP contribution in [0.4, 0.5) is 0 Å². The molecule has 0 spiro atoms. The molecule has 0 bridgehead atoms. The number of halogens is 1. The van der Waals surface area contributed by atoms with Gasteiger partial charge in [0, 0.05) is 3.92 Å². The highest BCUT2D eigenvalue weighted by atomic mass is 127. The summed E-state index contributed by atoms with van der Waals surface area (Å²) < 4.78 is 0.943. The van der Waals surface area contributed by atoms with Crippen LogP contribution < -0.4 is 0 Å². The van der Waals surface area contributed by atoms with Crippen LogP contribution in [0.2, 0.25) is 0 Å². The van der Waals surface area contributed by atoms with E-state index in [1.807, 2.05) is 0 Å². The Hall–Kier alpha value is 0.690. The second-order valence-corrected chi connectivity index (χ2v) is 6.84. The molecule has 0 atom stereocenters. The molecule has 0 aromatic carbocycles. The van der Waals surface area contributed by atoms with Crippen molar-refractivity contribution >= 4 is 22.6 Å². The maximum absolute atomic E-state index is 9.47. The highest BCUT2D eigenvalue weighted by Crippen LogP contribution is 2.39. The van der Waals surface area contributed by atoms with E-state index >= 15 is 0 Å². The number of hydrogen-bond donors (Lipinski definition) is 1. The molecule has 2 heteroatoms. The zero-order valence-corrected chi connectivity index (χ0v) is 10.9. The molecule has 2 saturated carbocycles. The van der Waals surface area contributed by atoms with Crippen molar-refractivity contribution in [1.29, 1.82) is 0 Å². The molecule has 82 valence electrons. The Morgan fingerprint density at radius 1 is 0.714 bits per heavy atom. The molecule has 0 aromatic heterocycles. The Bertz CT molecular complexity index is 147. The summed E-state index contributed by atoms with van der Waals surface area (Å²) in [6.07, 6.45) is 10.5. The Morgan fingerprint density at radius 3 is 1.64 bits per heavy atom. The third kappa shape index (κ3) is 2.84. The van der Waals surface area contributed by atoms with Gasteiger partial charge < -0.3 is 5.11 Å². The van der Waals surface area contributed by atoms with Crippen LogP contribution in [0.5, 0.6) is 0 Å². The van der Waals surface area contributed by atoms with Crippen LogP contribution in [-0.4, -0.2) is 15.1 Å². The minimum Gasteiger partial charge on any atom is -0.393 e. The molecule has 0 aromatic rings. The van der Waals surface area contributed by atoms with E-state index in [1.165, 1.54) is 38.5 Å². The van der Waals surface area contributed by atoms with Crippen molar-refractivity contribution in [3.8, 4) is 0 Å². The van der Waals surface area contributed by atoms with Gasteiger partial charge in [-0.2, -0.15) is 0 Å². The van der Waals surface area contributed by atoms with Gasteiger partial charge in [-0.15, -0.1) is 0 Å². The highest BCUT2D eigenvalue weighted by molar-refractivity contribution is 14.1. The maximum atomic E-state index is 9.47. The van der Waals surface area contributed by atoms with Gasteiger partial charge in [-0.1, -0.05) is 22.6 Å². The molecule has 1 N–H and O–H groups in total. The molecule has 0 amide bonds. The lowest BCUT2D eigenvalue weighted by Crippen LogP contribution is -2.27. The van der Waals surface area contributed by atoms with Gasteiger partial charge in [0.15, 0.2) is 0 Å². The standard InChI is InChI=1S/C12H21IO/c13-11-5-1-9(2-6-11)10-3-7-12(14)8-4-10/h9-12,14H,1-8H2. The van der Waals surface area contributed by atoms with Crippen LogP contribution in [0.1, 0.15) is 51.4 Å². The molecular weight excluding hydrogens is 287 g/mol. The molecule has 1 nitrogen and oxygen atoms in total. The van der Waals surface area contributed by atoms with Crippen molar-refractivity contribution in [2.75, 3.05) is 0 Å². The van der Waals surface area contributed by atoms with E-state index in [0.717, 1.165) is 28.6 Å². The van der Waals surface area contributed by atoms with Crippen LogP contribution >= 0.6 is 22.6 Å². The fourth-order valence-electron chi connectivity index (χ4n) is 3.12. The zero-order valence-electron chi connectivity index (χ0n) is 8.79. The van der Waals surface area contributed by atoms with Crippen molar-refractivity contribution in [3.63, 3.8) is 0 Å². The first kappa shape index (κ1) is 11.2. The van der Waals surface area contributed by atoms with Crippen LogP contribution in [0, 0.1) is 11.8 Å². The van der Waals surface area contributed by atoms with E-state index in [2.05, 4.69) is 22.6 Å². The second-order valence-electron chi connectivity index (χ2n) is 5.08. The lowest BCUT2D eigenvalue weighted by Gasteiger charge is -2.35. The van der Waals surface area contributed by atoms with Crippen molar-refractivity contribution in [2.24, 2.45) is 11.8 Å². The monoisotopic (exact) mass is 308 g/mol. The molecular formula is C12H21IO. The van der Waals surface area contributed by atoms with E-state index in [9.17, 15) is 5.11 Å². The van der Waals surface area contributed by atoms with E-state index in [4.69, 9.17) is 0 Å². The predicted molar refractivity (Wildman–Crippen MR) is 67.7 cm³/mol. The van der Waals surface area contributed by atoms with E-state index in [1.54, 1.807) is 0 Å². The van der Waals surface area contributed by atoms with E-state index < -0.39 is 0 Å². The SMILES string of the molecule is OC1CCC(C2CCC(I)CC2)CC1. The van der Waals surface area contributed by atoms with E-state index in [-0.39, 0.29) is 6.10 Å². The lowest BCUT2D eigenvalue weighted by molar-refractivity contribution is 0.0829. The number of rotatable bonds is 1. The molecule has 0 saturated heterocycles. The van der Waals surface area contributed by atoms with Gasteiger partial charge >= 0.3 is 0 Å². The van der Waals surface area contributed by atoms with Crippen molar-refractivity contribution in [1.82, 2.24) is 0 Å². The molecule has 2 rings (SSSR count). The highest BCUT2D eigenvalue weighted by Gasteiger charge is 2.29. The third-order valence-corrected chi connectivity index (χ3v) is 5.36. The molecule has 2 aliphatic rings. The first-order valence-corrected chi connectivity index (χ1v) is 7.32. The fraction of sp³-hybridized carbons (Fsp3) is 1.00. The van der Waals surface area contributed by atoms with Gasteiger partial charge in [-0.3, -0.25) is 0 Å². The van der Waals surface area contributed by atoms with Crippen LogP contribution in [-0.2, 0) is 0 Å². The summed E-state index contributed by atoms with van der Waals surface area (Å²) in [6, 6.07) is 0. The van der Waals surface area contributed by atoms with Gasteiger partial charge in [-0.05, 0) is 63.2 Å². The minimum atomic E-state index is 0.0205. The third-order valence-electron chi connectivity index (χ3n) is 4.11. The summed E-state index contributed by atoms with van der Waals surface area (Å²) in [5, 5.41) is 9.47. The van der Waals surface area contributed by atoms with Gasteiger partial charge in [0.2, 0.25) is 0 Å². The summed E-state index contributed by atoms with van der Waals surface area (Å²) in [7, 11) is 0. The Morgan fingerprint density at radius 2 is 1.14 bits per heavy atom. The molecule has 0 unspecified atom stereocenters. The first-order valence-electron chi connectivity index (χ1n) is 6.08. The number of aliphatic hydroxyl groups excluding tert-OH is 1. The summed E-state index contributed by atoms with van der Waals surface area (Å²) in [5.41, 5.74) is 0. The largest absolute Gasteiger partial charge is 0.393 e. The topological polar surface area (TPSA) is 20.2 Å². The lowest BCUT2D eigenvalue weighted by atomic mass is 9.73. The normalized spacial score (nSPS) is 45.0. The Kier molecular flexibility index (Phi) is 4.11. The Labute approximate surface area is 101 Å². The van der Waals surface area contributed by atoms with Crippen LogP contribution in [0.3, 0.4) is 0 Å². The minimum absolute atomic E-state index is 0.0205. The molecule has 2 fully saturated rings. The average Bonchev–Trinajstić information content (AvgIpc) is 2.21. The van der Waals surface area contributed by atoms with Gasteiger partial charge in [0.25, 0.3) is 0 Å². The summed E-state index contributed by atoms with van der Waals surface area (Å²) in [4.78, 5) is 0. The fourth-order valence-corrected chi connectivity index (χ4v) is 3.84. The second kappa shape index (κ2) is 5.15. The predicted octanol–water partition coefficient (Wildman–Crippen LogP) is 3.53. The van der Waals surface area contributed by atoms with Crippen molar-refractivity contribution in [3.05, 3.63) is 0 Å². The average molecular weight is 308 g/mol. The van der Waals surface area contributed by atoms with Crippen LogP contribution in [0.25, 0.3) is 0 Å². The van der Waals surface area contributed by atoms with E-state index in [0.29, 0.717) is 0 Å². The van der Waals surface area contributed by atoms with Crippen molar-refractivity contribution < 1.29 is 5.11 Å². The van der Waals surface area contributed by atoms with Crippen molar-refractivity contribution in [2.45, 2.75) is 61.4 Å². The summed E-state index contributed by atoms with van der Waals surface area (Å²) in [5.74, 6) is 1.94. The molecule has 2 aliphatic carbocycles. The molecule has 0 radical (unpaired) electrons. The smallest absolute Gasteiger partial charge is 0.0540 e. The number of hydrogen-bond acceptors (Lipinski definition) is 1. The molecule has 0 heterocycles. The van der Waals surface area contributed by atoms with Gasteiger partial charge in [-0.25, -0.2) is 0 Å². The summed E-state index contributed by atoms with van der Waals surface area (Å²) >= 11 is 2.60. The molecule has 0 aliphatic heterocycles. The number of alkyl halides is 1. The Balaban J connectivity index is 1.78. The first-order chi connectivity index (χ1) is 6.75. The quantitative estimate of drug-likeness (QED) is 0.580. The van der Waals surface area contributed by atoms with Crippen LogP contribution in [0.15, 0.2) is 0 Å². The summed E-state index contributed by atoms with van der Waals surface area (Å²) in [6.45, 7) is 0. The molecule has 14 heavy (non-hydrogen) atoms. The van der Waals surface area contributed by atoms with Gasteiger partial charge in [0.1, 0.15) is 0 Å². The zero-order chi connectivity index (χ0) is 9.97. The number of aliphatic hydroxyl groups is 1. The van der Waals surface area contributed by atoms with Gasteiger partial charge in [0.05, 0.1) is 6.10 Å². The maximum Gasteiger partial charge on any atom is 0.0540 e.